The van der Waals surface area contributed by atoms with Crippen LogP contribution < -0.4 is 0 Å². The van der Waals surface area contributed by atoms with E-state index in [9.17, 15) is 0 Å². The molecule has 0 amide bonds. The molecule has 0 unspecified atom stereocenters. The standard InChI is InChI=1S/C50H31N5Se/c1-4-15-32(16-5-1)35-21-12-22-36(31-35)55-42-27-11-10-23-40(42)45-41(26-14-28-43(45)55)49-53-47(33-17-6-2-7-18-33)52-48(54-49)39-25-13-24-38-37(39)29-30-44-46(38)51-50(56-44)34-19-8-3-9-20-34/h1-31H. The Labute approximate surface area is 329 Å². The fourth-order valence-electron chi connectivity index (χ4n) is 7.92. The number of nitrogens with zero attached hydrogens (tertiary/aromatic N) is 5. The van der Waals surface area contributed by atoms with Gasteiger partial charge in [0.15, 0.2) is 0 Å². The van der Waals surface area contributed by atoms with E-state index in [-0.39, 0.29) is 14.5 Å². The molecule has 3 heterocycles. The molecule has 6 heteroatoms. The second-order valence-corrected chi connectivity index (χ2v) is 16.0. The van der Waals surface area contributed by atoms with Gasteiger partial charge in [-0.3, -0.25) is 0 Å². The molecule has 0 atom stereocenters. The molecule has 0 fully saturated rings. The van der Waals surface area contributed by atoms with E-state index in [1.165, 1.54) is 21.0 Å². The van der Waals surface area contributed by atoms with Crippen LogP contribution in [0.15, 0.2) is 188 Å². The second kappa shape index (κ2) is 13.4. The van der Waals surface area contributed by atoms with E-state index in [4.69, 9.17) is 19.9 Å². The fourth-order valence-corrected chi connectivity index (χ4v) is 9.99. The summed E-state index contributed by atoms with van der Waals surface area (Å²) in [6.07, 6.45) is 0. The zero-order valence-corrected chi connectivity index (χ0v) is 31.8. The molecule has 56 heavy (non-hydrogen) atoms. The van der Waals surface area contributed by atoms with Gasteiger partial charge in [-0.15, -0.1) is 0 Å². The summed E-state index contributed by atoms with van der Waals surface area (Å²) in [4.78, 5) is 21.0. The molecule has 0 spiro atoms. The van der Waals surface area contributed by atoms with Crippen LogP contribution in [0.2, 0.25) is 0 Å². The largest absolute Gasteiger partial charge is 0.0617 e. The molecule has 0 aliphatic carbocycles. The summed E-state index contributed by atoms with van der Waals surface area (Å²) < 4.78 is 4.80. The fraction of sp³-hybridized carbons (Fsp3) is 0. The van der Waals surface area contributed by atoms with Gasteiger partial charge in [0, 0.05) is 5.69 Å². The minimum Gasteiger partial charge on any atom is -0.0617 e. The first-order chi connectivity index (χ1) is 27.8. The van der Waals surface area contributed by atoms with Gasteiger partial charge in [-0.1, -0.05) is 54.6 Å². The van der Waals surface area contributed by atoms with E-state index in [1.54, 1.807) is 0 Å². The predicted octanol–water partition coefficient (Wildman–Crippen LogP) is 12.1. The van der Waals surface area contributed by atoms with Crippen molar-refractivity contribution in [3.63, 3.8) is 0 Å². The summed E-state index contributed by atoms with van der Waals surface area (Å²) in [7, 11) is 0. The Kier molecular flexibility index (Phi) is 7.76. The summed E-state index contributed by atoms with van der Waals surface area (Å²) in [5.74, 6) is 1.89. The van der Waals surface area contributed by atoms with E-state index in [2.05, 4.69) is 174 Å². The van der Waals surface area contributed by atoms with Crippen LogP contribution in [0.4, 0.5) is 0 Å². The van der Waals surface area contributed by atoms with Crippen molar-refractivity contribution in [2.75, 3.05) is 0 Å². The Morgan fingerprint density at radius 3 is 1.77 bits per heavy atom. The Morgan fingerprint density at radius 2 is 0.964 bits per heavy atom. The van der Waals surface area contributed by atoms with Crippen LogP contribution >= 0.6 is 0 Å². The predicted molar refractivity (Wildman–Crippen MR) is 231 cm³/mol. The van der Waals surface area contributed by atoms with E-state index in [0.717, 1.165) is 65.0 Å². The molecular weight excluding hydrogens is 750 g/mol. The molecule has 8 aromatic carbocycles. The van der Waals surface area contributed by atoms with E-state index in [1.807, 2.05) is 18.2 Å². The van der Waals surface area contributed by atoms with E-state index in [0.29, 0.717) is 17.5 Å². The van der Waals surface area contributed by atoms with Crippen molar-refractivity contribution in [2.24, 2.45) is 0 Å². The maximum Gasteiger partial charge on any atom is -0.0302 e. The number of hydrogen-bond acceptors (Lipinski definition) is 4. The minimum absolute atomic E-state index is 0.127. The molecule has 11 rings (SSSR count). The van der Waals surface area contributed by atoms with Gasteiger partial charge in [-0.2, -0.15) is 0 Å². The van der Waals surface area contributed by atoms with Crippen molar-refractivity contribution < 1.29 is 0 Å². The van der Waals surface area contributed by atoms with Crippen LogP contribution in [0.3, 0.4) is 0 Å². The molecule has 5 nitrogen and oxygen atoms in total. The molecule has 0 saturated heterocycles. The van der Waals surface area contributed by atoms with Gasteiger partial charge in [-0.05, 0) is 29.3 Å². The Balaban J connectivity index is 1.13. The molecule has 0 aliphatic heterocycles. The first-order valence-corrected chi connectivity index (χ1v) is 20.4. The van der Waals surface area contributed by atoms with Gasteiger partial charge < -0.3 is 0 Å². The van der Waals surface area contributed by atoms with Crippen LogP contribution in [-0.2, 0) is 0 Å². The molecule has 0 N–H and O–H groups in total. The summed E-state index contributed by atoms with van der Waals surface area (Å²) in [6.45, 7) is 0. The summed E-state index contributed by atoms with van der Waals surface area (Å²) in [5.41, 5.74) is 10.7. The van der Waals surface area contributed by atoms with Crippen LogP contribution in [0, 0.1) is 0 Å². The van der Waals surface area contributed by atoms with Crippen molar-refractivity contribution in [3.05, 3.63) is 188 Å². The summed E-state index contributed by atoms with van der Waals surface area (Å²) >= 11 is 0.127. The number of hydrogen-bond donors (Lipinski definition) is 0. The quantitative estimate of drug-likeness (QED) is 0.158. The average Bonchev–Trinajstić information content (AvgIpc) is 3.87. The number of benzene rings is 8. The molecule has 3 aromatic heterocycles. The SMILES string of the molecule is c1ccc(-c2cccc(-n3c4ccccc4c4c(-c5nc(-c6ccccc6)nc(-c6cccc7c6ccc6[se]c(-c8ccccc8)nc67)n5)cccc43)c2)cc1. The van der Waals surface area contributed by atoms with Crippen molar-refractivity contribution in [1.29, 1.82) is 0 Å². The topological polar surface area (TPSA) is 56.5 Å². The molecule has 0 saturated carbocycles. The van der Waals surface area contributed by atoms with Gasteiger partial charge in [0.05, 0.1) is 0 Å². The zero-order chi connectivity index (χ0) is 37.0. The third-order valence-corrected chi connectivity index (χ3v) is 12.7. The molecule has 0 aliphatic rings. The third-order valence-electron chi connectivity index (χ3n) is 10.5. The Morgan fingerprint density at radius 1 is 0.375 bits per heavy atom. The Hall–Kier alpha value is -6.98. The van der Waals surface area contributed by atoms with Gasteiger partial charge in [-0.25, -0.2) is 0 Å². The van der Waals surface area contributed by atoms with E-state index >= 15 is 0 Å². The zero-order valence-electron chi connectivity index (χ0n) is 30.0. The average molecular weight is 781 g/mol. The van der Waals surface area contributed by atoms with Crippen LogP contribution in [0.25, 0.3) is 103 Å². The molecule has 262 valence electrons. The van der Waals surface area contributed by atoms with Crippen LogP contribution in [-0.4, -0.2) is 39.0 Å². The monoisotopic (exact) mass is 781 g/mol. The van der Waals surface area contributed by atoms with Crippen molar-refractivity contribution in [1.82, 2.24) is 24.5 Å². The maximum absolute atomic E-state index is 5.33. The molecular formula is C50H31N5Se. The smallest absolute Gasteiger partial charge is 0.0302 e. The minimum atomic E-state index is 0.127. The van der Waals surface area contributed by atoms with Crippen LogP contribution in [0.1, 0.15) is 0 Å². The van der Waals surface area contributed by atoms with Crippen LogP contribution in [0.5, 0.6) is 0 Å². The van der Waals surface area contributed by atoms with Gasteiger partial charge in [0.2, 0.25) is 0 Å². The number of para-hydroxylation sites is 1. The summed E-state index contributed by atoms with van der Waals surface area (Å²) in [5, 5.41) is 4.43. The first-order valence-electron chi connectivity index (χ1n) is 18.6. The first kappa shape index (κ1) is 32.4. The van der Waals surface area contributed by atoms with Crippen molar-refractivity contribution in [2.45, 2.75) is 0 Å². The van der Waals surface area contributed by atoms with E-state index < -0.39 is 0 Å². The number of aromatic nitrogens is 5. The number of fused-ring (bicyclic) bond motifs is 6. The van der Waals surface area contributed by atoms with Gasteiger partial charge in [0.1, 0.15) is 0 Å². The molecule has 0 bridgehead atoms. The van der Waals surface area contributed by atoms with Crippen molar-refractivity contribution in [3.8, 4) is 61.1 Å². The summed E-state index contributed by atoms with van der Waals surface area (Å²) in [6, 6.07) is 66.0. The van der Waals surface area contributed by atoms with Gasteiger partial charge in [0.25, 0.3) is 0 Å². The second-order valence-electron chi connectivity index (χ2n) is 13.8. The normalized spacial score (nSPS) is 11.6. The van der Waals surface area contributed by atoms with Gasteiger partial charge >= 0.3 is 241 Å². The van der Waals surface area contributed by atoms with Crippen molar-refractivity contribution >= 4 is 56.9 Å². The number of rotatable bonds is 6. The molecule has 11 aromatic rings. The Bertz CT molecular complexity index is 3240. The maximum atomic E-state index is 5.33. The molecule has 0 radical (unpaired) electrons. The third kappa shape index (κ3) is 5.46.